The van der Waals surface area contributed by atoms with Crippen LogP contribution in [0, 0.1) is 0 Å². The number of alkyl halides is 3. The number of rotatable bonds is 7. The SMILES string of the molecule is CN=C(NCCOc1ccc(C(F)(F)F)cn1)NCCc1cccs1. The summed E-state index contributed by atoms with van der Waals surface area (Å²) in [6.45, 7) is 1.45. The fourth-order valence-electron chi connectivity index (χ4n) is 1.94. The maximum Gasteiger partial charge on any atom is 0.417 e. The van der Waals surface area contributed by atoms with E-state index in [1.165, 1.54) is 10.9 Å². The topological polar surface area (TPSA) is 58.5 Å². The molecule has 2 aromatic rings. The minimum absolute atomic E-state index is 0.149. The lowest BCUT2D eigenvalue weighted by molar-refractivity contribution is -0.137. The Morgan fingerprint density at radius 1 is 1.24 bits per heavy atom. The monoisotopic (exact) mass is 372 g/mol. The second-order valence-electron chi connectivity index (χ2n) is 4.99. The molecular weight excluding hydrogens is 353 g/mol. The molecule has 2 N–H and O–H groups in total. The number of hydrogen-bond donors (Lipinski definition) is 2. The molecule has 0 fully saturated rings. The average Bonchev–Trinajstić information content (AvgIpc) is 3.10. The van der Waals surface area contributed by atoms with E-state index in [1.54, 1.807) is 18.4 Å². The maximum absolute atomic E-state index is 12.4. The normalized spacial score (nSPS) is 12.1. The van der Waals surface area contributed by atoms with Crippen molar-refractivity contribution in [3.8, 4) is 5.88 Å². The fraction of sp³-hybridized carbons (Fsp3) is 0.375. The standard InChI is InChI=1S/C16H19F3N4OS/c1-20-15(21-7-6-13-3-2-10-25-13)22-8-9-24-14-5-4-12(11-23-14)16(17,18)19/h2-5,10-11H,6-9H2,1H3,(H2,20,21,22). The number of nitrogens with one attached hydrogen (secondary N) is 2. The summed E-state index contributed by atoms with van der Waals surface area (Å²) in [5.74, 6) is 0.788. The van der Waals surface area contributed by atoms with E-state index >= 15 is 0 Å². The summed E-state index contributed by atoms with van der Waals surface area (Å²) >= 11 is 1.71. The van der Waals surface area contributed by atoms with Crippen LogP contribution in [0.25, 0.3) is 0 Å². The van der Waals surface area contributed by atoms with E-state index in [9.17, 15) is 13.2 Å². The lowest BCUT2D eigenvalue weighted by Gasteiger charge is -2.12. The molecule has 0 saturated carbocycles. The van der Waals surface area contributed by atoms with Crippen LogP contribution in [0.2, 0.25) is 0 Å². The summed E-state index contributed by atoms with van der Waals surface area (Å²) in [6.07, 6.45) is -2.73. The van der Waals surface area contributed by atoms with Gasteiger partial charge < -0.3 is 15.4 Å². The second-order valence-corrected chi connectivity index (χ2v) is 6.02. The Labute approximate surface area is 148 Å². The van der Waals surface area contributed by atoms with Crippen molar-refractivity contribution in [1.82, 2.24) is 15.6 Å². The molecule has 0 saturated heterocycles. The van der Waals surface area contributed by atoms with Gasteiger partial charge in [0.05, 0.1) is 12.1 Å². The number of thiophene rings is 1. The molecule has 9 heteroatoms. The average molecular weight is 372 g/mol. The van der Waals surface area contributed by atoms with Gasteiger partial charge in [-0.05, 0) is 23.9 Å². The molecule has 5 nitrogen and oxygen atoms in total. The van der Waals surface area contributed by atoms with Crippen molar-refractivity contribution in [2.45, 2.75) is 12.6 Å². The van der Waals surface area contributed by atoms with Gasteiger partial charge >= 0.3 is 6.18 Å². The first-order valence-electron chi connectivity index (χ1n) is 7.62. The van der Waals surface area contributed by atoms with Crippen molar-refractivity contribution in [1.29, 1.82) is 0 Å². The fourth-order valence-corrected chi connectivity index (χ4v) is 2.65. The van der Waals surface area contributed by atoms with E-state index in [-0.39, 0.29) is 12.5 Å². The first kappa shape index (κ1) is 19.0. The second kappa shape index (κ2) is 9.26. The maximum atomic E-state index is 12.4. The number of aliphatic imine (C=N–C) groups is 1. The number of halogens is 3. The van der Waals surface area contributed by atoms with Gasteiger partial charge in [0.15, 0.2) is 5.96 Å². The summed E-state index contributed by atoms with van der Waals surface area (Å²) in [6, 6.07) is 6.24. The highest BCUT2D eigenvalue weighted by Gasteiger charge is 2.30. The Hall–Kier alpha value is -2.29. The van der Waals surface area contributed by atoms with Gasteiger partial charge in [-0.1, -0.05) is 6.07 Å². The molecule has 0 amide bonds. The summed E-state index contributed by atoms with van der Waals surface area (Å²) in [7, 11) is 1.67. The molecule has 25 heavy (non-hydrogen) atoms. The predicted molar refractivity (Wildman–Crippen MR) is 92.1 cm³/mol. The van der Waals surface area contributed by atoms with Gasteiger partial charge in [0.25, 0.3) is 0 Å². The third-order valence-corrected chi connectivity index (χ3v) is 4.11. The van der Waals surface area contributed by atoms with Crippen LogP contribution in [-0.2, 0) is 12.6 Å². The van der Waals surface area contributed by atoms with E-state index in [0.717, 1.165) is 25.2 Å². The van der Waals surface area contributed by atoms with Crippen molar-refractivity contribution in [2.24, 2.45) is 4.99 Å². The lowest BCUT2D eigenvalue weighted by atomic mass is 10.3. The highest BCUT2D eigenvalue weighted by molar-refractivity contribution is 7.09. The Bertz CT molecular complexity index is 657. The third kappa shape index (κ3) is 6.61. The molecule has 0 aliphatic heterocycles. The number of pyridine rings is 1. The molecule has 0 radical (unpaired) electrons. The van der Waals surface area contributed by atoms with Gasteiger partial charge in [-0.3, -0.25) is 4.99 Å². The van der Waals surface area contributed by atoms with Crippen LogP contribution >= 0.6 is 11.3 Å². The molecule has 0 atom stereocenters. The van der Waals surface area contributed by atoms with Crippen LogP contribution in [0.5, 0.6) is 5.88 Å². The summed E-state index contributed by atoms with van der Waals surface area (Å²) in [5, 5.41) is 8.28. The van der Waals surface area contributed by atoms with E-state index in [0.29, 0.717) is 12.5 Å². The number of nitrogens with zero attached hydrogens (tertiary/aromatic N) is 2. The van der Waals surface area contributed by atoms with Crippen LogP contribution in [0.1, 0.15) is 10.4 Å². The Morgan fingerprint density at radius 3 is 2.64 bits per heavy atom. The molecule has 2 rings (SSSR count). The largest absolute Gasteiger partial charge is 0.476 e. The quantitative estimate of drug-likeness (QED) is 0.446. The van der Waals surface area contributed by atoms with Gasteiger partial charge in [0, 0.05) is 30.7 Å². The van der Waals surface area contributed by atoms with Gasteiger partial charge in [-0.15, -0.1) is 11.3 Å². The van der Waals surface area contributed by atoms with Crippen molar-refractivity contribution in [3.05, 3.63) is 46.3 Å². The van der Waals surface area contributed by atoms with Crippen LogP contribution in [0.15, 0.2) is 40.8 Å². The molecule has 136 valence electrons. The van der Waals surface area contributed by atoms with Crippen LogP contribution in [0.4, 0.5) is 13.2 Å². The van der Waals surface area contributed by atoms with Crippen LogP contribution in [0.3, 0.4) is 0 Å². The Kier molecular flexibility index (Phi) is 7.05. The van der Waals surface area contributed by atoms with E-state index in [4.69, 9.17) is 4.74 Å². The molecule has 2 heterocycles. The molecule has 0 aliphatic carbocycles. The molecule has 0 aromatic carbocycles. The smallest absolute Gasteiger partial charge is 0.417 e. The highest BCUT2D eigenvalue weighted by Crippen LogP contribution is 2.29. The van der Waals surface area contributed by atoms with E-state index < -0.39 is 11.7 Å². The van der Waals surface area contributed by atoms with Crippen molar-refractivity contribution in [2.75, 3.05) is 26.7 Å². The van der Waals surface area contributed by atoms with Crippen LogP contribution < -0.4 is 15.4 Å². The Balaban J connectivity index is 1.65. The van der Waals surface area contributed by atoms with Gasteiger partial charge in [0.2, 0.25) is 5.88 Å². The Morgan fingerprint density at radius 2 is 2.04 bits per heavy atom. The molecule has 0 aliphatic rings. The van der Waals surface area contributed by atoms with Gasteiger partial charge in [-0.25, -0.2) is 4.98 Å². The zero-order valence-corrected chi connectivity index (χ0v) is 14.5. The highest BCUT2D eigenvalue weighted by atomic mass is 32.1. The zero-order chi connectivity index (χ0) is 18.1. The lowest BCUT2D eigenvalue weighted by Crippen LogP contribution is -2.40. The van der Waals surface area contributed by atoms with E-state index in [1.807, 2.05) is 11.4 Å². The molecule has 2 aromatic heterocycles. The third-order valence-electron chi connectivity index (χ3n) is 3.18. The summed E-state index contributed by atoms with van der Waals surface area (Å²) < 4.78 is 42.6. The van der Waals surface area contributed by atoms with Gasteiger partial charge in [-0.2, -0.15) is 13.2 Å². The molecule has 0 bridgehead atoms. The first-order chi connectivity index (χ1) is 12.0. The molecule has 0 unspecified atom stereocenters. The molecular formula is C16H19F3N4OS. The van der Waals surface area contributed by atoms with E-state index in [2.05, 4.69) is 26.7 Å². The zero-order valence-electron chi connectivity index (χ0n) is 13.6. The number of aromatic nitrogens is 1. The van der Waals surface area contributed by atoms with Crippen molar-refractivity contribution in [3.63, 3.8) is 0 Å². The molecule has 0 spiro atoms. The predicted octanol–water partition coefficient (Wildman–Crippen LogP) is 2.95. The number of ether oxygens (including phenoxy) is 1. The first-order valence-corrected chi connectivity index (χ1v) is 8.50. The number of hydrogen-bond acceptors (Lipinski definition) is 4. The van der Waals surface area contributed by atoms with Crippen molar-refractivity contribution < 1.29 is 17.9 Å². The summed E-state index contributed by atoms with van der Waals surface area (Å²) in [4.78, 5) is 9.03. The van der Waals surface area contributed by atoms with Crippen molar-refractivity contribution >= 4 is 17.3 Å². The van der Waals surface area contributed by atoms with Gasteiger partial charge in [0.1, 0.15) is 6.61 Å². The number of guanidine groups is 1. The minimum Gasteiger partial charge on any atom is -0.476 e. The van der Waals surface area contributed by atoms with Crippen LogP contribution in [-0.4, -0.2) is 37.7 Å². The summed E-state index contributed by atoms with van der Waals surface area (Å²) in [5.41, 5.74) is -0.798. The minimum atomic E-state index is -4.39.